The summed E-state index contributed by atoms with van der Waals surface area (Å²) in [6.07, 6.45) is 1.80. The summed E-state index contributed by atoms with van der Waals surface area (Å²) >= 11 is 0. The number of nitrogens with zero attached hydrogens (tertiary/aromatic N) is 6. The highest BCUT2D eigenvalue weighted by Gasteiger charge is 2.15. The SMILES string of the molecule is CN(Cc1nc2ccccc2n1C)C[C@H](O)Cn1cc([N+](=O)[O-])cn1. The minimum Gasteiger partial charge on any atom is -0.390 e. The largest absolute Gasteiger partial charge is 0.390 e. The minimum absolute atomic E-state index is 0.0831. The van der Waals surface area contributed by atoms with Crippen molar-refractivity contribution in [3.8, 4) is 0 Å². The second kappa shape index (κ2) is 6.99. The molecule has 9 nitrogen and oxygen atoms in total. The van der Waals surface area contributed by atoms with Crippen molar-refractivity contribution in [1.82, 2.24) is 24.2 Å². The van der Waals surface area contributed by atoms with Crippen LogP contribution < -0.4 is 0 Å². The third kappa shape index (κ3) is 3.83. The lowest BCUT2D eigenvalue weighted by molar-refractivity contribution is -0.385. The summed E-state index contributed by atoms with van der Waals surface area (Å²) in [5.41, 5.74) is 1.92. The first-order valence-electron chi connectivity index (χ1n) is 7.88. The molecule has 0 saturated heterocycles. The number of para-hydroxylation sites is 2. The predicted molar refractivity (Wildman–Crippen MR) is 91.9 cm³/mol. The number of aliphatic hydroxyl groups excluding tert-OH is 1. The smallest absolute Gasteiger partial charge is 0.306 e. The van der Waals surface area contributed by atoms with Gasteiger partial charge in [0.25, 0.3) is 0 Å². The number of likely N-dealkylation sites (N-methyl/N-ethyl adjacent to an activating group) is 1. The van der Waals surface area contributed by atoms with Crippen molar-refractivity contribution in [3.05, 3.63) is 52.6 Å². The molecule has 0 saturated carbocycles. The lowest BCUT2D eigenvalue weighted by Gasteiger charge is -2.20. The number of rotatable bonds is 7. The molecule has 0 amide bonds. The second-order valence-electron chi connectivity index (χ2n) is 6.10. The Morgan fingerprint density at radius 1 is 1.40 bits per heavy atom. The summed E-state index contributed by atoms with van der Waals surface area (Å²) in [6, 6.07) is 7.92. The van der Waals surface area contributed by atoms with Gasteiger partial charge in [-0.15, -0.1) is 0 Å². The maximum absolute atomic E-state index is 10.7. The molecular weight excluding hydrogens is 324 g/mol. The molecule has 132 valence electrons. The normalized spacial score (nSPS) is 12.8. The molecule has 0 aliphatic carbocycles. The van der Waals surface area contributed by atoms with Crippen molar-refractivity contribution in [3.63, 3.8) is 0 Å². The van der Waals surface area contributed by atoms with Crippen LogP contribution in [0.1, 0.15) is 5.82 Å². The first kappa shape index (κ1) is 17.1. The van der Waals surface area contributed by atoms with Gasteiger partial charge in [-0.05, 0) is 19.2 Å². The van der Waals surface area contributed by atoms with Gasteiger partial charge in [0.1, 0.15) is 18.2 Å². The molecule has 0 unspecified atom stereocenters. The van der Waals surface area contributed by atoms with Gasteiger partial charge in [-0.25, -0.2) is 4.98 Å². The maximum Gasteiger partial charge on any atom is 0.306 e. The van der Waals surface area contributed by atoms with E-state index in [4.69, 9.17) is 0 Å². The van der Waals surface area contributed by atoms with Gasteiger partial charge in [0.15, 0.2) is 0 Å². The number of aliphatic hydroxyl groups is 1. The van der Waals surface area contributed by atoms with Crippen LogP contribution in [-0.4, -0.2) is 54.0 Å². The standard InChI is InChI=1S/C16H20N6O3/c1-19(9-13(23)10-21-8-12(7-17-21)22(24)25)11-16-18-14-5-3-4-6-15(14)20(16)2/h3-8,13,23H,9-11H2,1-2H3/t13-/m0/s1. The van der Waals surface area contributed by atoms with Gasteiger partial charge < -0.3 is 9.67 Å². The number of aromatic nitrogens is 4. The van der Waals surface area contributed by atoms with Crippen molar-refractivity contribution >= 4 is 16.7 Å². The number of aryl methyl sites for hydroxylation is 1. The Morgan fingerprint density at radius 3 is 2.84 bits per heavy atom. The Labute approximate surface area is 144 Å². The van der Waals surface area contributed by atoms with E-state index in [0.29, 0.717) is 13.1 Å². The molecule has 0 bridgehead atoms. The predicted octanol–water partition coefficient (Wildman–Crippen LogP) is 1.17. The summed E-state index contributed by atoms with van der Waals surface area (Å²) in [5.74, 6) is 0.908. The van der Waals surface area contributed by atoms with E-state index in [0.717, 1.165) is 16.9 Å². The van der Waals surface area contributed by atoms with Gasteiger partial charge in [-0.1, -0.05) is 12.1 Å². The quantitative estimate of drug-likeness (QED) is 0.510. The molecule has 1 atom stereocenters. The molecule has 0 spiro atoms. The molecule has 1 aromatic carbocycles. The Balaban J connectivity index is 1.60. The number of imidazole rings is 1. The Hall–Kier alpha value is -2.78. The van der Waals surface area contributed by atoms with Gasteiger partial charge in [0.05, 0.1) is 35.2 Å². The van der Waals surface area contributed by atoms with Crippen LogP contribution in [0.2, 0.25) is 0 Å². The highest BCUT2D eigenvalue weighted by atomic mass is 16.6. The number of hydrogen-bond donors (Lipinski definition) is 1. The van der Waals surface area contributed by atoms with E-state index in [9.17, 15) is 15.2 Å². The topological polar surface area (TPSA) is 102 Å². The van der Waals surface area contributed by atoms with Gasteiger partial charge in [-0.3, -0.25) is 19.7 Å². The lowest BCUT2D eigenvalue weighted by Crippen LogP contribution is -2.32. The van der Waals surface area contributed by atoms with E-state index in [1.165, 1.54) is 17.1 Å². The highest BCUT2D eigenvalue weighted by Crippen LogP contribution is 2.15. The highest BCUT2D eigenvalue weighted by molar-refractivity contribution is 5.75. The zero-order valence-corrected chi connectivity index (χ0v) is 14.1. The molecule has 25 heavy (non-hydrogen) atoms. The van der Waals surface area contributed by atoms with Crippen molar-refractivity contribution in [2.24, 2.45) is 7.05 Å². The summed E-state index contributed by atoms with van der Waals surface area (Å²) in [5, 5.41) is 24.8. The number of hydrogen-bond acceptors (Lipinski definition) is 6. The van der Waals surface area contributed by atoms with Crippen molar-refractivity contribution in [2.45, 2.75) is 19.2 Å². The van der Waals surface area contributed by atoms with Crippen LogP contribution in [0.15, 0.2) is 36.7 Å². The molecule has 2 heterocycles. The van der Waals surface area contributed by atoms with E-state index in [1.807, 2.05) is 47.8 Å². The fourth-order valence-electron chi connectivity index (χ4n) is 2.82. The number of nitro groups is 1. The van der Waals surface area contributed by atoms with E-state index in [2.05, 4.69) is 10.1 Å². The number of benzene rings is 1. The number of fused-ring (bicyclic) bond motifs is 1. The van der Waals surface area contributed by atoms with Gasteiger partial charge in [-0.2, -0.15) is 5.10 Å². The Kier molecular flexibility index (Phi) is 4.77. The summed E-state index contributed by atoms with van der Waals surface area (Å²) in [6.45, 7) is 1.18. The van der Waals surface area contributed by atoms with Crippen molar-refractivity contribution in [2.75, 3.05) is 13.6 Å². The molecule has 2 aromatic heterocycles. The molecule has 0 aliphatic heterocycles. The van der Waals surface area contributed by atoms with Crippen molar-refractivity contribution < 1.29 is 10.0 Å². The summed E-state index contributed by atoms with van der Waals surface area (Å²) in [7, 11) is 3.87. The van der Waals surface area contributed by atoms with Crippen LogP contribution in [0.3, 0.4) is 0 Å². The van der Waals surface area contributed by atoms with E-state index < -0.39 is 11.0 Å². The lowest BCUT2D eigenvalue weighted by atomic mass is 10.3. The minimum atomic E-state index is -0.695. The zero-order valence-electron chi connectivity index (χ0n) is 14.1. The maximum atomic E-state index is 10.7. The summed E-state index contributed by atoms with van der Waals surface area (Å²) < 4.78 is 3.42. The van der Waals surface area contributed by atoms with Crippen LogP contribution in [0.4, 0.5) is 5.69 Å². The molecule has 3 aromatic rings. The van der Waals surface area contributed by atoms with Crippen molar-refractivity contribution in [1.29, 1.82) is 0 Å². The average molecular weight is 344 g/mol. The first-order valence-corrected chi connectivity index (χ1v) is 7.88. The average Bonchev–Trinajstić information content (AvgIpc) is 3.13. The van der Waals surface area contributed by atoms with Crippen LogP contribution in [0.5, 0.6) is 0 Å². The second-order valence-corrected chi connectivity index (χ2v) is 6.10. The zero-order chi connectivity index (χ0) is 18.0. The Bertz CT molecular complexity index is 887. The molecule has 3 rings (SSSR count). The van der Waals surface area contributed by atoms with E-state index in [1.54, 1.807) is 0 Å². The Morgan fingerprint density at radius 2 is 2.16 bits per heavy atom. The third-order valence-electron chi connectivity index (χ3n) is 4.04. The molecule has 9 heteroatoms. The van der Waals surface area contributed by atoms with Gasteiger partial charge in [0.2, 0.25) is 0 Å². The molecule has 0 aliphatic rings. The third-order valence-corrected chi connectivity index (χ3v) is 4.04. The molecular formula is C16H20N6O3. The van der Waals surface area contributed by atoms with Crippen LogP contribution in [0, 0.1) is 10.1 Å². The van der Waals surface area contributed by atoms with Gasteiger partial charge >= 0.3 is 5.69 Å². The van der Waals surface area contributed by atoms with E-state index in [-0.39, 0.29) is 12.2 Å². The molecule has 1 N–H and O–H groups in total. The first-order chi connectivity index (χ1) is 11.9. The molecule has 0 fully saturated rings. The van der Waals surface area contributed by atoms with Crippen LogP contribution in [0.25, 0.3) is 11.0 Å². The summed E-state index contributed by atoms with van der Waals surface area (Å²) in [4.78, 5) is 16.7. The van der Waals surface area contributed by atoms with E-state index >= 15 is 0 Å². The van der Waals surface area contributed by atoms with Crippen LogP contribution in [-0.2, 0) is 20.1 Å². The van der Waals surface area contributed by atoms with Gasteiger partial charge in [0, 0.05) is 13.6 Å². The fourth-order valence-corrected chi connectivity index (χ4v) is 2.82. The molecule has 0 radical (unpaired) electrons. The fraction of sp³-hybridized carbons (Fsp3) is 0.375. The monoisotopic (exact) mass is 344 g/mol. The van der Waals surface area contributed by atoms with Crippen LogP contribution >= 0.6 is 0 Å².